The van der Waals surface area contributed by atoms with E-state index in [-0.39, 0.29) is 5.56 Å². The number of ether oxygens (including phenoxy) is 1. The van der Waals surface area contributed by atoms with Crippen molar-refractivity contribution < 1.29 is 24.6 Å². The summed E-state index contributed by atoms with van der Waals surface area (Å²) in [5.74, 6) is -1.41. The van der Waals surface area contributed by atoms with Gasteiger partial charge in [-0.2, -0.15) is 0 Å². The lowest BCUT2D eigenvalue weighted by atomic mass is 10.1. The molecule has 1 aromatic carbocycles. The quantitative estimate of drug-likeness (QED) is 0.539. The lowest BCUT2D eigenvalue weighted by molar-refractivity contribution is -0.152. The summed E-state index contributed by atoms with van der Waals surface area (Å²) in [5, 5.41) is 17.3. The first kappa shape index (κ1) is 13.0. The number of nitrogens with one attached hydrogen (secondary N) is 1. The Labute approximate surface area is 97.8 Å². The Morgan fingerprint density at radius 1 is 1.24 bits per heavy atom. The van der Waals surface area contributed by atoms with Gasteiger partial charge in [-0.1, -0.05) is 0 Å². The van der Waals surface area contributed by atoms with Crippen molar-refractivity contribution in [1.82, 2.24) is 5.48 Å². The van der Waals surface area contributed by atoms with Crippen LogP contribution in [0.5, 0.6) is 5.75 Å². The van der Waals surface area contributed by atoms with Crippen LogP contribution in [0.4, 0.5) is 0 Å². The van der Waals surface area contributed by atoms with Crippen LogP contribution in [0, 0.1) is 0 Å². The molecule has 1 amide bonds. The average molecular weight is 239 g/mol. The minimum atomic E-state index is -1.35. The van der Waals surface area contributed by atoms with Crippen LogP contribution >= 0.6 is 0 Å². The largest absolute Gasteiger partial charge is 0.478 e. The lowest BCUT2D eigenvalue weighted by Gasteiger charge is -2.21. The average Bonchev–Trinajstić information content (AvgIpc) is 2.28. The summed E-state index contributed by atoms with van der Waals surface area (Å²) in [6.45, 7) is 2.84. The summed E-state index contributed by atoms with van der Waals surface area (Å²) in [4.78, 5) is 21.8. The Bertz CT molecular complexity index is 424. The lowest BCUT2D eigenvalue weighted by Crippen LogP contribution is -2.37. The number of carboxylic acid groups (broad SMARTS) is 1. The van der Waals surface area contributed by atoms with Gasteiger partial charge in [-0.15, -0.1) is 0 Å². The Balaban J connectivity index is 2.82. The van der Waals surface area contributed by atoms with E-state index in [4.69, 9.17) is 15.1 Å². The van der Waals surface area contributed by atoms with Gasteiger partial charge in [-0.25, -0.2) is 10.3 Å². The fourth-order valence-electron chi connectivity index (χ4n) is 1.08. The van der Waals surface area contributed by atoms with E-state index in [9.17, 15) is 9.59 Å². The van der Waals surface area contributed by atoms with Crippen LogP contribution in [-0.2, 0) is 4.79 Å². The molecule has 0 aliphatic carbocycles. The van der Waals surface area contributed by atoms with Crippen molar-refractivity contribution in [2.75, 3.05) is 0 Å². The van der Waals surface area contributed by atoms with Gasteiger partial charge in [0, 0.05) is 5.56 Å². The van der Waals surface area contributed by atoms with Gasteiger partial charge in [0.1, 0.15) is 5.75 Å². The predicted molar refractivity (Wildman–Crippen MR) is 58.0 cm³/mol. The molecule has 3 N–H and O–H groups in total. The first-order valence-corrected chi connectivity index (χ1v) is 4.84. The first-order valence-electron chi connectivity index (χ1n) is 4.84. The van der Waals surface area contributed by atoms with Gasteiger partial charge in [-0.05, 0) is 38.1 Å². The van der Waals surface area contributed by atoms with Crippen molar-refractivity contribution >= 4 is 11.9 Å². The van der Waals surface area contributed by atoms with E-state index in [1.807, 2.05) is 0 Å². The van der Waals surface area contributed by atoms with Crippen LogP contribution in [0.2, 0.25) is 0 Å². The zero-order chi connectivity index (χ0) is 13.1. The van der Waals surface area contributed by atoms with Crippen LogP contribution in [0.3, 0.4) is 0 Å². The predicted octanol–water partition coefficient (Wildman–Crippen LogP) is 1.05. The summed E-state index contributed by atoms with van der Waals surface area (Å²) in [6.07, 6.45) is 0. The Hall–Kier alpha value is -2.08. The summed E-state index contributed by atoms with van der Waals surface area (Å²) in [6, 6.07) is 5.74. The van der Waals surface area contributed by atoms with Crippen molar-refractivity contribution in [2.45, 2.75) is 19.4 Å². The summed E-state index contributed by atoms with van der Waals surface area (Å²) < 4.78 is 5.24. The Morgan fingerprint density at radius 2 is 1.76 bits per heavy atom. The molecule has 92 valence electrons. The molecule has 0 bridgehead atoms. The summed E-state index contributed by atoms with van der Waals surface area (Å²) in [7, 11) is 0. The number of amides is 1. The molecule has 0 heterocycles. The third-order valence-corrected chi connectivity index (χ3v) is 2.11. The number of carboxylic acids is 1. The number of aliphatic carboxylic acids is 1. The molecule has 0 spiro atoms. The van der Waals surface area contributed by atoms with Crippen molar-refractivity contribution in [2.24, 2.45) is 0 Å². The van der Waals surface area contributed by atoms with Gasteiger partial charge in [0.15, 0.2) is 5.60 Å². The van der Waals surface area contributed by atoms with E-state index in [0.717, 1.165) is 0 Å². The molecule has 0 aliphatic rings. The molecular weight excluding hydrogens is 226 g/mol. The molecule has 1 rings (SSSR count). The summed E-state index contributed by atoms with van der Waals surface area (Å²) in [5.41, 5.74) is 0.390. The molecule has 1 aromatic rings. The second-order valence-corrected chi connectivity index (χ2v) is 3.88. The number of hydroxylamine groups is 1. The fourth-order valence-corrected chi connectivity index (χ4v) is 1.08. The molecule has 0 aromatic heterocycles. The van der Waals surface area contributed by atoms with E-state index in [0.29, 0.717) is 5.75 Å². The van der Waals surface area contributed by atoms with Gasteiger partial charge < -0.3 is 9.84 Å². The van der Waals surface area contributed by atoms with Crippen molar-refractivity contribution in [3.8, 4) is 5.75 Å². The van der Waals surface area contributed by atoms with Crippen LogP contribution in [0.15, 0.2) is 24.3 Å². The number of hydrogen-bond acceptors (Lipinski definition) is 4. The van der Waals surface area contributed by atoms with Gasteiger partial charge >= 0.3 is 5.97 Å². The SMILES string of the molecule is CC(C)(Oc1ccc(C(=O)NO)cc1)C(=O)O. The second-order valence-electron chi connectivity index (χ2n) is 3.88. The first-order chi connectivity index (χ1) is 7.86. The van der Waals surface area contributed by atoms with E-state index in [1.165, 1.54) is 43.6 Å². The van der Waals surface area contributed by atoms with E-state index in [2.05, 4.69) is 0 Å². The monoisotopic (exact) mass is 239 g/mol. The van der Waals surface area contributed by atoms with Crippen molar-refractivity contribution in [1.29, 1.82) is 0 Å². The Kier molecular flexibility index (Phi) is 3.69. The zero-order valence-electron chi connectivity index (χ0n) is 9.43. The molecule has 6 nitrogen and oxygen atoms in total. The van der Waals surface area contributed by atoms with E-state index < -0.39 is 17.5 Å². The van der Waals surface area contributed by atoms with Gasteiger partial charge in [0.25, 0.3) is 5.91 Å². The highest BCUT2D eigenvalue weighted by Gasteiger charge is 2.29. The number of carbonyl (C=O) groups is 2. The molecule has 0 atom stereocenters. The third kappa shape index (κ3) is 3.18. The molecule has 0 saturated carbocycles. The Morgan fingerprint density at radius 3 is 2.18 bits per heavy atom. The molecule has 0 aliphatic heterocycles. The molecule has 0 unspecified atom stereocenters. The van der Waals surface area contributed by atoms with Gasteiger partial charge in [0.05, 0.1) is 0 Å². The van der Waals surface area contributed by atoms with Crippen molar-refractivity contribution in [3.05, 3.63) is 29.8 Å². The maximum Gasteiger partial charge on any atom is 0.347 e. The number of carbonyl (C=O) groups excluding carboxylic acids is 1. The summed E-state index contributed by atoms with van der Waals surface area (Å²) >= 11 is 0. The number of rotatable bonds is 4. The molecule has 6 heteroatoms. The fraction of sp³-hybridized carbons (Fsp3) is 0.273. The zero-order valence-corrected chi connectivity index (χ0v) is 9.43. The third-order valence-electron chi connectivity index (χ3n) is 2.11. The highest BCUT2D eigenvalue weighted by atomic mass is 16.5. The second kappa shape index (κ2) is 4.84. The molecular formula is C11H13NO5. The standard InChI is InChI=1S/C11H13NO5/c1-11(2,10(14)15)17-8-5-3-7(4-6-8)9(13)12-16/h3-6,16H,1-2H3,(H,12,13)(H,14,15). The van der Waals surface area contributed by atoms with Gasteiger partial charge in [0.2, 0.25) is 0 Å². The molecule has 0 radical (unpaired) electrons. The van der Waals surface area contributed by atoms with E-state index in [1.54, 1.807) is 0 Å². The number of benzene rings is 1. The highest BCUT2D eigenvalue weighted by Crippen LogP contribution is 2.19. The van der Waals surface area contributed by atoms with Crippen LogP contribution in [-0.4, -0.2) is 27.8 Å². The van der Waals surface area contributed by atoms with Crippen LogP contribution < -0.4 is 10.2 Å². The minimum absolute atomic E-state index is 0.244. The molecule has 0 saturated heterocycles. The molecule has 17 heavy (non-hydrogen) atoms. The van der Waals surface area contributed by atoms with Gasteiger partial charge in [-0.3, -0.25) is 10.0 Å². The number of hydrogen-bond donors (Lipinski definition) is 3. The topological polar surface area (TPSA) is 95.9 Å². The highest BCUT2D eigenvalue weighted by molar-refractivity contribution is 5.93. The normalized spacial score (nSPS) is 10.8. The molecule has 0 fully saturated rings. The van der Waals surface area contributed by atoms with Crippen LogP contribution in [0.25, 0.3) is 0 Å². The van der Waals surface area contributed by atoms with Crippen molar-refractivity contribution in [3.63, 3.8) is 0 Å². The van der Waals surface area contributed by atoms with E-state index >= 15 is 0 Å². The smallest absolute Gasteiger partial charge is 0.347 e. The van der Waals surface area contributed by atoms with Crippen LogP contribution in [0.1, 0.15) is 24.2 Å². The minimum Gasteiger partial charge on any atom is -0.478 e. The maximum atomic E-state index is 11.0. The maximum absolute atomic E-state index is 11.0.